The molecular weight excluding hydrogens is 486 g/mol. The lowest BCUT2D eigenvalue weighted by Crippen LogP contribution is -2.56. The molecule has 20 heteroatoms. The Labute approximate surface area is 163 Å². The smallest absolute Gasteiger partial charge is 0.468 e. The molecule has 0 heterocycles. The Kier molecular flexibility index (Phi) is 8.22. The second-order valence-corrected chi connectivity index (χ2v) is 8.39. The lowest BCUT2D eigenvalue weighted by Gasteiger charge is -2.26. The lowest BCUT2D eigenvalue weighted by molar-refractivity contribution is -0.153. The second-order valence-electron chi connectivity index (χ2n) is 4.68. The SMILES string of the molecule is COC(=O)CN(C(=O)C(=O)N(CC(=O)OC)S(=O)(=O)C(F)(F)F)S(=O)(=O)C(F)(F)F. The quantitative estimate of drug-likeness (QED) is 0.245. The van der Waals surface area contributed by atoms with Crippen molar-refractivity contribution in [3.8, 4) is 0 Å². The van der Waals surface area contributed by atoms with Gasteiger partial charge in [0.1, 0.15) is 13.1 Å². The Bertz CT molecular complexity index is 848. The van der Waals surface area contributed by atoms with Crippen molar-refractivity contribution in [3.05, 3.63) is 0 Å². The van der Waals surface area contributed by atoms with Crippen LogP contribution in [0.2, 0.25) is 0 Å². The molecule has 0 aromatic heterocycles. The molecule has 0 aliphatic rings. The summed E-state index contributed by atoms with van der Waals surface area (Å²) in [5.74, 6) is -9.90. The van der Waals surface area contributed by atoms with Crippen molar-refractivity contribution < 1.29 is 71.8 Å². The van der Waals surface area contributed by atoms with Crippen molar-refractivity contribution in [2.24, 2.45) is 0 Å². The number of amides is 2. The summed E-state index contributed by atoms with van der Waals surface area (Å²) in [5.41, 5.74) is -12.7. The Balaban J connectivity index is 6.55. The predicted molar refractivity (Wildman–Crippen MR) is 77.4 cm³/mol. The molecule has 0 radical (unpaired) electrons. The zero-order valence-electron chi connectivity index (χ0n) is 14.5. The van der Waals surface area contributed by atoms with Crippen LogP contribution in [0.25, 0.3) is 0 Å². The van der Waals surface area contributed by atoms with Crippen LogP contribution in [-0.4, -0.2) is 87.5 Å². The highest BCUT2D eigenvalue weighted by Gasteiger charge is 2.57. The van der Waals surface area contributed by atoms with Crippen molar-refractivity contribution in [1.29, 1.82) is 0 Å². The number of carbonyl (C=O) groups excluding carboxylic acids is 4. The Hall–Kier alpha value is -2.64. The Morgan fingerprint density at radius 1 is 0.667 bits per heavy atom. The lowest BCUT2D eigenvalue weighted by atomic mass is 10.5. The molecule has 12 nitrogen and oxygen atoms in total. The molecule has 0 aliphatic carbocycles. The molecule has 0 aromatic rings. The molecule has 174 valence electrons. The number of nitrogens with zero attached hydrogens (tertiary/aromatic N) is 2. The normalized spacial score (nSPS) is 12.7. The highest BCUT2D eigenvalue weighted by Crippen LogP contribution is 2.29. The van der Waals surface area contributed by atoms with Crippen LogP contribution in [0.15, 0.2) is 0 Å². The second kappa shape index (κ2) is 9.02. The third-order valence-corrected chi connectivity index (χ3v) is 5.72. The largest absolute Gasteiger partial charge is 0.516 e. The van der Waals surface area contributed by atoms with Gasteiger partial charge in [-0.1, -0.05) is 0 Å². The van der Waals surface area contributed by atoms with Gasteiger partial charge in [-0.3, -0.25) is 19.2 Å². The summed E-state index contributed by atoms with van der Waals surface area (Å²) in [6, 6.07) is 0. The van der Waals surface area contributed by atoms with Gasteiger partial charge in [0.25, 0.3) is 0 Å². The molecule has 0 N–H and O–H groups in total. The zero-order valence-corrected chi connectivity index (χ0v) is 16.1. The molecule has 2 amide bonds. The van der Waals surface area contributed by atoms with E-state index in [9.17, 15) is 62.4 Å². The van der Waals surface area contributed by atoms with Gasteiger partial charge in [0.2, 0.25) is 0 Å². The van der Waals surface area contributed by atoms with E-state index in [0.29, 0.717) is 14.2 Å². The van der Waals surface area contributed by atoms with Crippen LogP contribution in [0.5, 0.6) is 0 Å². The predicted octanol–water partition coefficient (Wildman–Crippen LogP) is -1.31. The van der Waals surface area contributed by atoms with Gasteiger partial charge in [-0.05, 0) is 0 Å². The molecule has 0 aliphatic heterocycles. The van der Waals surface area contributed by atoms with E-state index >= 15 is 0 Å². The van der Waals surface area contributed by atoms with Gasteiger partial charge in [0, 0.05) is 0 Å². The monoisotopic (exact) mass is 496 g/mol. The molecule has 0 fully saturated rings. The zero-order chi connectivity index (χ0) is 24.3. The van der Waals surface area contributed by atoms with Gasteiger partial charge in [-0.2, -0.15) is 43.2 Å². The van der Waals surface area contributed by atoms with Crippen molar-refractivity contribution in [2.75, 3.05) is 27.3 Å². The number of alkyl halides is 6. The van der Waals surface area contributed by atoms with Gasteiger partial charge in [0.05, 0.1) is 14.2 Å². The number of hydrogen-bond acceptors (Lipinski definition) is 10. The maximum atomic E-state index is 12.7. The molecule has 0 rings (SSSR count). The van der Waals surface area contributed by atoms with E-state index in [-0.39, 0.29) is 0 Å². The summed E-state index contributed by atoms with van der Waals surface area (Å²) in [6.45, 7) is -4.33. The minimum Gasteiger partial charge on any atom is -0.468 e. The van der Waals surface area contributed by atoms with Crippen LogP contribution in [0, 0.1) is 0 Å². The molecule has 0 saturated heterocycles. The van der Waals surface area contributed by atoms with Crippen molar-refractivity contribution in [1.82, 2.24) is 8.61 Å². The first-order chi connectivity index (χ1) is 13.3. The van der Waals surface area contributed by atoms with Crippen molar-refractivity contribution in [3.63, 3.8) is 0 Å². The minimum absolute atomic E-state index is 0.505. The third kappa shape index (κ3) is 5.70. The topological polar surface area (TPSA) is 162 Å². The van der Waals surface area contributed by atoms with Crippen molar-refractivity contribution in [2.45, 2.75) is 11.0 Å². The van der Waals surface area contributed by atoms with Crippen LogP contribution in [-0.2, 0) is 48.7 Å². The standard InChI is InChI=1S/C10H10F6N2O10S2/c1-27-5(19)3-17(29(23,24)9(11,12)13)7(21)8(22)18(4-6(20)28-2)30(25,26)10(14,15)16/h3-4H2,1-2H3. The summed E-state index contributed by atoms with van der Waals surface area (Å²) >= 11 is 0. The maximum Gasteiger partial charge on any atom is 0.516 e. The first-order valence-corrected chi connectivity index (χ1v) is 9.53. The first-order valence-electron chi connectivity index (χ1n) is 6.65. The van der Waals surface area contributed by atoms with Crippen molar-refractivity contribution >= 4 is 43.8 Å². The molecule has 0 spiro atoms. The third-order valence-electron chi connectivity index (χ3n) is 2.80. The van der Waals surface area contributed by atoms with Gasteiger partial charge < -0.3 is 9.47 Å². The molecule has 30 heavy (non-hydrogen) atoms. The summed E-state index contributed by atoms with van der Waals surface area (Å²) in [7, 11) is -12.8. The van der Waals surface area contributed by atoms with Crippen LogP contribution in [0.4, 0.5) is 26.3 Å². The van der Waals surface area contributed by atoms with Crippen LogP contribution in [0.3, 0.4) is 0 Å². The van der Waals surface area contributed by atoms with E-state index in [1.807, 2.05) is 0 Å². The Morgan fingerprint density at radius 2 is 0.900 bits per heavy atom. The fraction of sp³-hybridized carbons (Fsp3) is 0.600. The number of rotatable bonds is 6. The van der Waals surface area contributed by atoms with Crippen LogP contribution in [0.1, 0.15) is 0 Å². The van der Waals surface area contributed by atoms with E-state index in [2.05, 4.69) is 9.47 Å². The van der Waals surface area contributed by atoms with Crippen LogP contribution >= 0.6 is 0 Å². The van der Waals surface area contributed by atoms with E-state index < -0.39 is 76.5 Å². The fourth-order valence-electron chi connectivity index (χ4n) is 1.36. The summed E-state index contributed by atoms with van der Waals surface area (Å²) in [4.78, 5) is 46.1. The summed E-state index contributed by atoms with van der Waals surface area (Å²) in [6.07, 6.45) is 0. The van der Waals surface area contributed by atoms with Crippen LogP contribution < -0.4 is 0 Å². The van der Waals surface area contributed by atoms with Gasteiger partial charge in [-0.15, -0.1) is 0 Å². The number of methoxy groups -OCH3 is 2. The molecule has 0 bridgehead atoms. The highest BCUT2D eigenvalue weighted by molar-refractivity contribution is 7.91. The Morgan fingerprint density at radius 3 is 1.07 bits per heavy atom. The van der Waals surface area contributed by atoms with Gasteiger partial charge in [0.15, 0.2) is 0 Å². The van der Waals surface area contributed by atoms with E-state index in [1.165, 1.54) is 0 Å². The number of ether oxygens (including phenoxy) is 2. The molecule has 0 aromatic carbocycles. The number of halogens is 6. The van der Waals surface area contributed by atoms with E-state index in [0.717, 1.165) is 0 Å². The fourth-order valence-corrected chi connectivity index (χ4v) is 3.00. The van der Waals surface area contributed by atoms with E-state index in [1.54, 1.807) is 0 Å². The number of carbonyl (C=O) groups is 4. The maximum absolute atomic E-state index is 12.7. The molecule has 0 unspecified atom stereocenters. The number of sulfonamides is 2. The van der Waals surface area contributed by atoms with E-state index in [4.69, 9.17) is 0 Å². The number of esters is 2. The summed E-state index contributed by atoms with van der Waals surface area (Å²) < 4.78 is 127. The molecular formula is C10H10F6N2O10S2. The van der Waals surface area contributed by atoms with Gasteiger partial charge in [-0.25, -0.2) is 8.61 Å². The minimum atomic E-state index is -6.89. The highest BCUT2D eigenvalue weighted by atomic mass is 32.2. The summed E-state index contributed by atoms with van der Waals surface area (Å²) in [5, 5.41) is 0. The molecule has 0 saturated carbocycles. The average Bonchev–Trinajstić information content (AvgIpc) is 2.60. The molecule has 0 atom stereocenters. The van der Waals surface area contributed by atoms with Gasteiger partial charge >= 0.3 is 54.8 Å². The number of hydrogen-bond donors (Lipinski definition) is 0. The average molecular weight is 496 g/mol. The first kappa shape index (κ1) is 27.4.